The summed E-state index contributed by atoms with van der Waals surface area (Å²) in [6.45, 7) is 0.685. The van der Waals surface area contributed by atoms with Gasteiger partial charge in [-0.05, 0) is 9.72 Å². The van der Waals surface area contributed by atoms with Crippen LogP contribution in [0.25, 0.3) is 0 Å². The van der Waals surface area contributed by atoms with Gasteiger partial charge in [0.05, 0.1) is 0 Å². The largest absolute Gasteiger partial charge is 0.592 e. The molecule has 142 valence electrons. The molecule has 2 aromatic carbocycles. The van der Waals surface area contributed by atoms with Crippen molar-refractivity contribution in [2.75, 3.05) is 13.2 Å². The Morgan fingerprint density at radius 3 is 1.67 bits per heavy atom. The standard InChI is InChI=1S/C17H18N4O6/c1-14(22)27-17(12-25-18-20(23)15-8-4-2-5-9-15)13-26-19-21(24)16-10-6-3-7-11-16/h2-11,17H,12-13H2,1H3/b20-18-,21-19-. The molecule has 0 unspecified atom stereocenters. The maximum atomic E-state index is 11.7. The summed E-state index contributed by atoms with van der Waals surface area (Å²) in [5, 5.41) is 30.2. The highest BCUT2D eigenvalue weighted by Crippen LogP contribution is 2.11. The third kappa shape index (κ3) is 6.98. The second-order valence-corrected chi connectivity index (χ2v) is 5.20. The monoisotopic (exact) mass is 374 g/mol. The maximum absolute atomic E-state index is 11.7. The first-order valence-corrected chi connectivity index (χ1v) is 7.94. The Hall–Kier alpha value is -3.69. The fraction of sp³-hybridized carbons (Fsp3) is 0.235. The summed E-state index contributed by atoms with van der Waals surface area (Å²) < 4.78 is 4.98. The molecule has 0 amide bonds. The third-order valence-corrected chi connectivity index (χ3v) is 3.07. The van der Waals surface area contributed by atoms with E-state index in [2.05, 4.69) is 10.6 Å². The molecule has 0 atom stereocenters. The second kappa shape index (κ2) is 10.3. The Morgan fingerprint density at radius 2 is 1.30 bits per heavy atom. The molecule has 27 heavy (non-hydrogen) atoms. The van der Waals surface area contributed by atoms with Gasteiger partial charge in [-0.3, -0.25) is 4.79 Å². The SMILES string of the molecule is CC(=O)OC(CO/N=[N+](\[O-])c1ccccc1)CO/N=[N+](\[O-])c1ccccc1. The lowest BCUT2D eigenvalue weighted by Gasteiger charge is -2.12. The van der Waals surface area contributed by atoms with Crippen LogP contribution in [0.5, 0.6) is 0 Å². The molecule has 10 nitrogen and oxygen atoms in total. The molecule has 0 saturated carbocycles. The van der Waals surface area contributed by atoms with Gasteiger partial charge in [0.1, 0.15) is 0 Å². The van der Waals surface area contributed by atoms with Crippen molar-refractivity contribution in [2.45, 2.75) is 13.0 Å². The number of esters is 1. The summed E-state index contributed by atoms with van der Waals surface area (Å²) in [7, 11) is 0. The third-order valence-electron chi connectivity index (χ3n) is 3.07. The van der Waals surface area contributed by atoms with E-state index in [1.54, 1.807) is 60.7 Å². The van der Waals surface area contributed by atoms with E-state index >= 15 is 0 Å². The van der Waals surface area contributed by atoms with Crippen LogP contribution in [-0.2, 0) is 19.2 Å². The number of ether oxygens (including phenoxy) is 1. The molecule has 10 heteroatoms. The number of hydrogen-bond acceptors (Lipinski definition) is 8. The number of hydrogen-bond donors (Lipinski definition) is 0. The van der Waals surface area contributed by atoms with Crippen molar-refractivity contribution in [1.29, 1.82) is 0 Å². The minimum Gasteiger partial charge on any atom is -0.592 e. The van der Waals surface area contributed by atoms with Gasteiger partial charge in [-0.2, -0.15) is 0 Å². The second-order valence-electron chi connectivity index (χ2n) is 5.20. The van der Waals surface area contributed by atoms with E-state index in [4.69, 9.17) is 14.4 Å². The molecule has 0 heterocycles. The highest BCUT2D eigenvalue weighted by atomic mass is 16.7. The average molecular weight is 374 g/mol. The number of benzene rings is 2. The highest BCUT2D eigenvalue weighted by molar-refractivity contribution is 5.66. The molecule has 0 aliphatic carbocycles. The lowest BCUT2D eigenvalue weighted by Crippen LogP contribution is -2.26. The summed E-state index contributed by atoms with van der Waals surface area (Å²) in [5.74, 6) is -0.587. The van der Waals surface area contributed by atoms with Gasteiger partial charge < -0.3 is 24.8 Å². The van der Waals surface area contributed by atoms with Gasteiger partial charge in [0.25, 0.3) is 0 Å². The van der Waals surface area contributed by atoms with Gasteiger partial charge in [-0.15, -0.1) is 0 Å². The van der Waals surface area contributed by atoms with E-state index in [9.17, 15) is 15.2 Å². The van der Waals surface area contributed by atoms with Crippen LogP contribution in [0.1, 0.15) is 6.92 Å². The quantitative estimate of drug-likeness (QED) is 0.287. The summed E-state index contributed by atoms with van der Waals surface area (Å²) in [6, 6.07) is 16.4. The van der Waals surface area contributed by atoms with E-state index in [1.165, 1.54) is 6.92 Å². The van der Waals surface area contributed by atoms with Crippen LogP contribution in [0.2, 0.25) is 0 Å². The highest BCUT2D eigenvalue weighted by Gasteiger charge is 2.16. The van der Waals surface area contributed by atoms with Gasteiger partial charge >= 0.3 is 5.97 Å². The minimum atomic E-state index is -0.914. The summed E-state index contributed by atoms with van der Waals surface area (Å²) in [4.78, 5) is 21.5. The first-order chi connectivity index (χ1) is 13.1. The van der Waals surface area contributed by atoms with Crippen LogP contribution in [-0.4, -0.2) is 35.0 Å². The number of carbonyl (C=O) groups is 1. The van der Waals surface area contributed by atoms with E-state index in [1.807, 2.05) is 0 Å². The molecule has 2 rings (SSSR count). The van der Waals surface area contributed by atoms with Crippen molar-refractivity contribution in [2.24, 2.45) is 10.6 Å². The summed E-state index contributed by atoms with van der Waals surface area (Å²) >= 11 is 0. The minimum absolute atomic E-state index is 0.259. The molecule has 0 aliphatic rings. The van der Waals surface area contributed by atoms with Gasteiger partial charge in [-0.25, -0.2) is 0 Å². The normalized spacial score (nSPS) is 11.9. The Bertz CT molecular complexity index is 723. The van der Waals surface area contributed by atoms with Crippen molar-refractivity contribution in [3.8, 4) is 0 Å². The van der Waals surface area contributed by atoms with E-state index in [0.717, 1.165) is 0 Å². The van der Waals surface area contributed by atoms with Gasteiger partial charge in [-0.1, -0.05) is 36.4 Å². The molecule has 0 aliphatic heterocycles. The van der Waals surface area contributed by atoms with Crippen molar-refractivity contribution in [3.05, 3.63) is 71.1 Å². The summed E-state index contributed by atoms with van der Waals surface area (Å²) in [5.41, 5.74) is 0.551. The van der Waals surface area contributed by atoms with Crippen molar-refractivity contribution in [1.82, 2.24) is 0 Å². The Kier molecular flexibility index (Phi) is 7.51. The van der Waals surface area contributed by atoms with Crippen molar-refractivity contribution >= 4 is 17.3 Å². The molecule has 0 spiro atoms. The fourth-order valence-electron chi connectivity index (χ4n) is 1.89. The van der Waals surface area contributed by atoms with E-state index in [-0.39, 0.29) is 34.3 Å². The first-order valence-electron chi connectivity index (χ1n) is 7.94. The van der Waals surface area contributed by atoms with Crippen LogP contribution >= 0.6 is 0 Å². The zero-order chi connectivity index (χ0) is 19.5. The van der Waals surface area contributed by atoms with Crippen LogP contribution in [0.4, 0.5) is 11.4 Å². The van der Waals surface area contributed by atoms with Crippen LogP contribution in [0, 0.1) is 10.4 Å². The molecule has 0 radical (unpaired) electrons. The van der Waals surface area contributed by atoms with E-state index in [0.29, 0.717) is 0 Å². The lowest BCUT2D eigenvalue weighted by atomic mass is 10.3. The molecule has 2 aromatic rings. The molecular weight excluding hydrogens is 356 g/mol. The zero-order valence-electron chi connectivity index (χ0n) is 14.5. The number of nitrogens with zero attached hydrogens (tertiary/aromatic N) is 4. The average Bonchev–Trinajstić information content (AvgIpc) is 2.68. The molecule has 0 bridgehead atoms. The molecule has 0 saturated heterocycles. The predicted octanol–water partition coefficient (Wildman–Crippen LogP) is 3.37. The van der Waals surface area contributed by atoms with Gasteiger partial charge in [0.2, 0.25) is 21.9 Å². The van der Waals surface area contributed by atoms with Crippen molar-refractivity contribution < 1.29 is 28.9 Å². The maximum Gasteiger partial charge on any atom is 0.303 e. The smallest absolute Gasteiger partial charge is 0.303 e. The summed E-state index contributed by atoms with van der Waals surface area (Å²) in [6.07, 6.45) is -0.914. The fourth-order valence-corrected chi connectivity index (χ4v) is 1.89. The first kappa shape index (κ1) is 19.6. The number of carbonyl (C=O) groups excluding carboxylic acids is 1. The molecule has 0 N–H and O–H groups in total. The molecule has 0 fully saturated rings. The molecular formula is C17H18N4O6. The van der Waals surface area contributed by atoms with Crippen molar-refractivity contribution in [3.63, 3.8) is 0 Å². The zero-order valence-corrected chi connectivity index (χ0v) is 14.5. The topological polar surface area (TPSA) is 122 Å². The van der Waals surface area contributed by atoms with Gasteiger partial charge in [0.15, 0.2) is 19.3 Å². The van der Waals surface area contributed by atoms with E-state index < -0.39 is 12.1 Å². The predicted molar refractivity (Wildman–Crippen MR) is 91.8 cm³/mol. The Morgan fingerprint density at radius 1 is 0.889 bits per heavy atom. The number of rotatable bonds is 9. The Labute approximate surface area is 155 Å². The van der Waals surface area contributed by atoms with Crippen LogP contribution in [0.3, 0.4) is 0 Å². The molecule has 0 aromatic heterocycles. The van der Waals surface area contributed by atoms with Crippen LogP contribution in [0.15, 0.2) is 71.2 Å². The van der Waals surface area contributed by atoms with Gasteiger partial charge in [0, 0.05) is 31.2 Å². The number of para-hydroxylation sites is 2. The lowest BCUT2D eigenvalue weighted by molar-refractivity contribution is -0.482. The Balaban J connectivity index is 1.88. The van der Waals surface area contributed by atoms with Crippen LogP contribution < -0.4 is 0 Å².